The predicted molar refractivity (Wildman–Crippen MR) is 136 cm³/mol. The van der Waals surface area contributed by atoms with Gasteiger partial charge in [0.25, 0.3) is 5.56 Å². The number of fused-ring (bicyclic) bond motifs is 2. The van der Waals surface area contributed by atoms with Crippen molar-refractivity contribution in [1.82, 2.24) is 29.3 Å². The number of nitrogens with two attached hydrogens (primary N) is 1. The number of rotatable bonds is 4. The molecule has 0 saturated heterocycles. The zero-order chi connectivity index (χ0) is 25.0. The number of amides is 1. The molecule has 1 saturated carbocycles. The van der Waals surface area contributed by atoms with Gasteiger partial charge in [-0.05, 0) is 31.4 Å². The minimum Gasteiger partial charge on any atom is -0.383 e. The van der Waals surface area contributed by atoms with E-state index in [-0.39, 0.29) is 16.7 Å². The van der Waals surface area contributed by atoms with Crippen LogP contribution in [0.15, 0.2) is 35.5 Å². The van der Waals surface area contributed by atoms with Gasteiger partial charge < -0.3 is 20.4 Å². The van der Waals surface area contributed by atoms with Crippen LogP contribution in [0.5, 0.6) is 0 Å². The maximum atomic E-state index is 13.1. The molecule has 0 spiro atoms. The molecule has 36 heavy (non-hydrogen) atoms. The fraction of sp³-hybridized carbons (Fsp3) is 0.360. The molecule has 4 N–H and O–H groups in total. The Balaban J connectivity index is 1.44. The lowest BCUT2D eigenvalue weighted by atomic mass is 9.81. The number of nitrogens with one attached hydrogen (secondary N) is 2. The second-order valence-corrected chi connectivity index (χ2v) is 10.1. The van der Waals surface area contributed by atoms with Crippen molar-refractivity contribution in [2.24, 2.45) is 5.92 Å². The first-order chi connectivity index (χ1) is 17.3. The Kier molecular flexibility index (Phi) is 5.29. The number of hydrogen-bond acceptors (Lipinski definition) is 7. The first-order valence-electron chi connectivity index (χ1n) is 12.1. The van der Waals surface area contributed by atoms with E-state index in [0.29, 0.717) is 34.5 Å². The summed E-state index contributed by atoms with van der Waals surface area (Å²) in [6.07, 6.45) is 12.5. The molecule has 1 aliphatic carbocycles. The molecule has 11 heteroatoms. The van der Waals surface area contributed by atoms with E-state index in [1.807, 2.05) is 16.8 Å². The molecule has 10 nitrogen and oxygen atoms in total. The van der Waals surface area contributed by atoms with Crippen LogP contribution in [0.25, 0.3) is 17.2 Å². The molecule has 0 unspecified atom stereocenters. The van der Waals surface area contributed by atoms with Crippen LogP contribution in [0.3, 0.4) is 0 Å². The van der Waals surface area contributed by atoms with Crippen LogP contribution in [0.1, 0.15) is 56.0 Å². The summed E-state index contributed by atoms with van der Waals surface area (Å²) in [6, 6.07) is 3.05. The average molecular weight is 505 g/mol. The second kappa shape index (κ2) is 8.41. The zero-order valence-electron chi connectivity index (χ0n) is 19.7. The van der Waals surface area contributed by atoms with E-state index in [4.69, 9.17) is 22.3 Å². The Morgan fingerprint density at radius 1 is 1.17 bits per heavy atom. The number of H-pyrrole nitrogens is 1. The van der Waals surface area contributed by atoms with Crippen molar-refractivity contribution in [2.75, 3.05) is 11.1 Å². The van der Waals surface area contributed by atoms with Gasteiger partial charge in [-0.2, -0.15) is 0 Å². The van der Waals surface area contributed by atoms with E-state index in [1.165, 1.54) is 38.2 Å². The van der Waals surface area contributed by atoms with Crippen molar-refractivity contribution >= 4 is 34.8 Å². The minimum absolute atomic E-state index is 0.0329. The van der Waals surface area contributed by atoms with Crippen LogP contribution in [0, 0.1) is 5.92 Å². The van der Waals surface area contributed by atoms with Gasteiger partial charge in [-0.3, -0.25) is 9.59 Å². The molecule has 6 rings (SSSR count). The summed E-state index contributed by atoms with van der Waals surface area (Å²) in [6.45, 7) is 1.67. The lowest BCUT2D eigenvalue weighted by Gasteiger charge is -2.23. The van der Waals surface area contributed by atoms with E-state index in [9.17, 15) is 9.59 Å². The number of nitrogen functional groups attached to an aromatic ring is 1. The average Bonchev–Trinajstić information content (AvgIpc) is 3.44. The smallest absolute Gasteiger partial charge is 0.266 e. The SMILES string of the molecule is C[C@@]1(c2ccc(Cl)c(=O)[nH]2)C(=O)Nc2nc(-c3cn4ccnc4c(CC4CCCCC4)n3)nc(N)c21. The van der Waals surface area contributed by atoms with Gasteiger partial charge in [0, 0.05) is 24.3 Å². The normalized spacial score (nSPS) is 20.0. The third-order valence-electron chi connectivity index (χ3n) is 7.40. The molecule has 184 valence electrons. The van der Waals surface area contributed by atoms with Crippen molar-refractivity contribution in [1.29, 1.82) is 0 Å². The largest absolute Gasteiger partial charge is 0.383 e. The number of aromatic amines is 1. The maximum absolute atomic E-state index is 13.1. The number of pyridine rings is 1. The van der Waals surface area contributed by atoms with E-state index in [2.05, 4.69) is 25.3 Å². The molecular weight excluding hydrogens is 480 g/mol. The molecule has 1 atom stereocenters. The molecule has 0 aromatic carbocycles. The fourth-order valence-electron chi connectivity index (χ4n) is 5.43. The number of nitrogens with zero attached hydrogens (tertiary/aromatic N) is 5. The number of hydrogen-bond donors (Lipinski definition) is 3. The Hall–Kier alpha value is -3.79. The first kappa shape index (κ1) is 22.7. The molecule has 0 bridgehead atoms. The summed E-state index contributed by atoms with van der Waals surface area (Å²) in [5.41, 5.74) is 7.68. The summed E-state index contributed by atoms with van der Waals surface area (Å²) in [7, 11) is 0. The summed E-state index contributed by atoms with van der Waals surface area (Å²) < 4.78 is 1.93. The van der Waals surface area contributed by atoms with Crippen LogP contribution in [-0.4, -0.2) is 35.2 Å². The van der Waals surface area contributed by atoms with Gasteiger partial charge in [0.1, 0.15) is 27.8 Å². The number of carbonyl (C=O) groups excluding carboxylic acids is 1. The molecule has 1 fully saturated rings. The molecule has 1 amide bonds. The Morgan fingerprint density at radius 3 is 2.75 bits per heavy atom. The molecule has 5 heterocycles. The molecule has 2 aliphatic rings. The topological polar surface area (TPSA) is 144 Å². The lowest BCUT2D eigenvalue weighted by Crippen LogP contribution is -2.35. The highest BCUT2D eigenvalue weighted by Gasteiger charge is 2.48. The van der Waals surface area contributed by atoms with Crippen LogP contribution in [-0.2, 0) is 16.6 Å². The maximum Gasteiger partial charge on any atom is 0.266 e. The molecular formula is C25H25ClN8O2. The highest BCUT2D eigenvalue weighted by atomic mass is 35.5. The van der Waals surface area contributed by atoms with Gasteiger partial charge in [-0.25, -0.2) is 19.9 Å². The van der Waals surface area contributed by atoms with Crippen molar-refractivity contribution in [2.45, 2.75) is 50.9 Å². The number of aromatic nitrogens is 6. The van der Waals surface area contributed by atoms with Gasteiger partial charge in [0.15, 0.2) is 11.5 Å². The van der Waals surface area contributed by atoms with E-state index >= 15 is 0 Å². The Bertz CT molecular complexity index is 1570. The summed E-state index contributed by atoms with van der Waals surface area (Å²) in [4.78, 5) is 46.6. The number of anilines is 2. The summed E-state index contributed by atoms with van der Waals surface area (Å²) in [5.74, 6) is 0.940. The van der Waals surface area contributed by atoms with Crippen molar-refractivity contribution in [3.05, 3.63) is 63.1 Å². The highest BCUT2D eigenvalue weighted by Crippen LogP contribution is 2.44. The molecule has 4 aromatic heterocycles. The monoisotopic (exact) mass is 504 g/mol. The van der Waals surface area contributed by atoms with Gasteiger partial charge in [-0.15, -0.1) is 0 Å². The van der Waals surface area contributed by atoms with Crippen molar-refractivity contribution < 1.29 is 4.79 Å². The van der Waals surface area contributed by atoms with Crippen LogP contribution >= 0.6 is 11.6 Å². The lowest BCUT2D eigenvalue weighted by molar-refractivity contribution is -0.119. The van der Waals surface area contributed by atoms with E-state index in [0.717, 1.165) is 17.8 Å². The van der Waals surface area contributed by atoms with Crippen molar-refractivity contribution in [3.8, 4) is 11.5 Å². The third kappa shape index (κ3) is 3.55. The summed E-state index contributed by atoms with van der Waals surface area (Å²) in [5, 5.41) is 2.84. The minimum atomic E-state index is -1.28. The quantitative estimate of drug-likeness (QED) is 0.385. The highest BCUT2D eigenvalue weighted by molar-refractivity contribution is 6.30. The zero-order valence-corrected chi connectivity index (χ0v) is 20.5. The van der Waals surface area contributed by atoms with E-state index < -0.39 is 11.0 Å². The summed E-state index contributed by atoms with van der Waals surface area (Å²) >= 11 is 5.89. The fourth-order valence-corrected chi connectivity index (χ4v) is 5.54. The predicted octanol–water partition coefficient (Wildman–Crippen LogP) is 3.49. The van der Waals surface area contributed by atoms with Gasteiger partial charge in [-0.1, -0.05) is 43.7 Å². The third-order valence-corrected chi connectivity index (χ3v) is 7.70. The number of halogens is 1. The Morgan fingerprint density at radius 2 is 1.97 bits per heavy atom. The number of carbonyl (C=O) groups is 1. The van der Waals surface area contributed by atoms with Crippen LogP contribution < -0.4 is 16.6 Å². The number of imidazole rings is 1. The molecule has 0 radical (unpaired) electrons. The van der Waals surface area contributed by atoms with Crippen molar-refractivity contribution in [3.63, 3.8) is 0 Å². The van der Waals surface area contributed by atoms with Crippen LogP contribution in [0.4, 0.5) is 11.6 Å². The van der Waals surface area contributed by atoms with Gasteiger partial charge in [0.05, 0.1) is 11.3 Å². The van der Waals surface area contributed by atoms with Crippen LogP contribution in [0.2, 0.25) is 5.02 Å². The Labute approximate surface area is 211 Å². The van der Waals surface area contributed by atoms with Gasteiger partial charge in [0.2, 0.25) is 5.91 Å². The van der Waals surface area contributed by atoms with E-state index in [1.54, 1.807) is 19.2 Å². The molecule has 1 aliphatic heterocycles. The first-order valence-corrected chi connectivity index (χ1v) is 12.4. The molecule has 4 aromatic rings. The standard InChI is InChI=1S/C25H25ClN8O2/c1-25(17-8-7-14(26)23(35)30-17)18-19(27)31-20(32-21(18)33-24(25)36)16-12-34-10-9-28-22(34)15(29-16)11-13-5-3-2-4-6-13/h7-10,12-13H,2-6,11H2,1H3,(H,30,35)(H3,27,31,32,33,36)/t25-/m0/s1. The van der Waals surface area contributed by atoms with Gasteiger partial charge >= 0.3 is 0 Å². The second-order valence-electron chi connectivity index (χ2n) is 9.72.